The van der Waals surface area contributed by atoms with Gasteiger partial charge in [-0.2, -0.15) is 0 Å². The molecule has 106 valence electrons. The van der Waals surface area contributed by atoms with Crippen molar-refractivity contribution < 1.29 is 15.0 Å². The highest BCUT2D eigenvalue weighted by Crippen LogP contribution is 2.20. The number of carbonyl (C=O) groups excluding carboxylic acids is 1. The molecule has 1 aromatic rings. The Bertz CT molecular complexity index is 398. The molecular formula is C15H23NO3. The molecule has 19 heavy (non-hydrogen) atoms. The van der Waals surface area contributed by atoms with Crippen LogP contribution in [0.15, 0.2) is 24.3 Å². The Labute approximate surface area is 114 Å². The largest absolute Gasteiger partial charge is 0.396 e. The summed E-state index contributed by atoms with van der Waals surface area (Å²) in [5.74, 6) is -0.110. The van der Waals surface area contributed by atoms with Gasteiger partial charge in [0.15, 0.2) is 0 Å². The highest BCUT2D eigenvalue weighted by molar-refractivity contribution is 5.94. The molecule has 0 aliphatic rings. The van der Waals surface area contributed by atoms with Gasteiger partial charge in [0.2, 0.25) is 0 Å². The molecule has 0 aromatic heterocycles. The second kappa shape index (κ2) is 7.26. The van der Waals surface area contributed by atoms with Gasteiger partial charge >= 0.3 is 0 Å². The topological polar surface area (TPSA) is 69.6 Å². The molecular weight excluding hydrogens is 242 g/mol. The third-order valence-corrected chi connectivity index (χ3v) is 3.14. The van der Waals surface area contributed by atoms with Crippen molar-refractivity contribution in [2.75, 3.05) is 13.2 Å². The summed E-state index contributed by atoms with van der Waals surface area (Å²) in [7, 11) is 0. The molecule has 3 N–H and O–H groups in total. The SMILES string of the molecule is CC(C)(CCCO)CNC(=O)c1ccc(CO)cc1. The van der Waals surface area contributed by atoms with Crippen molar-refractivity contribution in [2.45, 2.75) is 33.3 Å². The van der Waals surface area contributed by atoms with Crippen molar-refractivity contribution in [3.8, 4) is 0 Å². The van der Waals surface area contributed by atoms with Gasteiger partial charge in [0, 0.05) is 18.7 Å². The van der Waals surface area contributed by atoms with E-state index in [0.717, 1.165) is 18.4 Å². The lowest BCUT2D eigenvalue weighted by molar-refractivity contribution is 0.0933. The van der Waals surface area contributed by atoms with E-state index < -0.39 is 0 Å². The van der Waals surface area contributed by atoms with E-state index in [1.165, 1.54) is 0 Å². The first kappa shape index (κ1) is 15.7. The fourth-order valence-corrected chi connectivity index (χ4v) is 1.83. The molecule has 0 saturated carbocycles. The maximum Gasteiger partial charge on any atom is 0.251 e. The quantitative estimate of drug-likeness (QED) is 0.703. The van der Waals surface area contributed by atoms with Crippen molar-refractivity contribution in [1.82, 2.24) is 5.32 Å². The normalized spacial score (nSPS) is 11.4. The maximum atomic E-state index is 11.9. The van der Waals surface area contributed by atoms with E-state index in [-0.39, 0.29) is 24.5 Å². The fourth-order valence-electron chi connectivity index (χ4n) is 1.83. The van der Waals surface area contributed by atoms with Gasteiger partial charge < -0.3 is 15.5 Å². The summed E-state index contributed by atoms with van der Waals surface area (Å²) < 4.78 is 0. The minimum absolute atomic E-state index is 0.0178. The predicted octanol–water partition coefficient (Wildman–Crippen LogP) is 1.71. The molecule has 0 bridgehead atoms. The van der Waals surface area contributed by atoms with Gasteiger partial charge in [0.1, 0.15) is 0 Å². The molecule has 0 radical (unpaired) electrons. The average molecular weight is 265 g/mol. The molecule has 1 aromatic carbocycles. The number of aliphatic hydroxyl groups excluding tert-OH is 2. The van der Waals surface area contributed by atoms with Crippen molar-refractivity contribution in [2.24, 2.45) is 5.41 Å². The molecule has 0 heterocycles. The van der Waals surface area contributed by atoms with Crippen LogP contribution in [0.25, 0.3) is 0 Å². The number of benzene rings is 1. The minimum atomic E-state index is -0.110. The first-order valence-corrected chi connectivity index (χ1v) is 6.57. The number of aliphatic hydroxyl groups is 2. The zero-order valence-electron chi connectivity index (χ0n) is 11.6. The summed E-state index contributed by atoms with van der Waals surface area (Å²) in [4.78, 5) is 11.9. The molecule has 0 atom stereocenters. The first-order chi connectivity index (χ1) is 8.98. The number of amides is 1. The van der Waals surface area contributed by atoms with Gasteiger partial charge in [-0.1, -0.05) is 26.0 Å². The Morgan fingerprint density at radius 3 is 2.37 bits per heavy atom. The Morgan fingerprint density at radius 2 is 1.84 bits per heavy atom. The number of hydrogen-bond donors (Lipinski definition) is 3. The molecule has 1 rings (SSSR count). The van der Waals surface area contributed by atoms with E-state index in [1.54, 1.807) is 24.3 Å². The molecule has 0 fully saturated rings. The van der Waals surface area contributed by atoms with Crippen molar-refractivity contribution >= 4 is 5.91 Å². The number of carbonyl (C=O) groups is 1. The van der Waals surface area contributed by atoms with Crippen LogP contribution in [0.3, 0.4) is 0 Å². The van der Waals surface area contributed by atoms with Crippen LogP contribution in [0.2, 0.25) is 0 Å². The van der Waals surface area contributed by atoms with E-state index in [0.29, 0.717) is 12.1 Å². The standard InChI is InChI=1S/C15H23NO3/c1-15(2,8-3-9-17)11-16-14(19)13-6-4-12(10-18)5-7-13/h4-7,17-18H,3,8-11H2,1-2H3,(H,16,19). The highest BCUT2D eigenvalue weighted by Gasteiger charge is 2.18. The molecule has 0 unspecified atom stereocenters. The van der Waals surface area contributed by atoms with E-state index in [4.69, 9.17) is 10.2 Å². The van der Waals surface area contributed by atoms with Crippen molar-refractivity contribution in [3.63, 3.8) is 0 Å². The van der Waals surface area contributed by atoms with E-state index in [2.05, 4.69) is 19.2 Å². The number of rotatable bonds is 7. The molecule has 0 aliphatic carbocycles. The number of hydrogen-bond acceptors (Lipinski definition) is 3. The molecule has 4 heteroatoms. The van der Waals surface area contributed by atoms with Crippen LogP contribution in [-0.4, -0.2) is 29.3 Å². The van der Waals surface area contributed by atoms with Crippen LogP contribution in [0.4, 0.5) is 0 Å². The summed E-state index contributed by atoms with van der Waals surface area (Å²) in [6, 6.07) is 6.90. The zero-order valence-corrected chi connectivity index (χ0v) is 11.6. The molecule has 0 saturated heterocycles. The third-order valence-electron chi connectivity index (χ3n) is 3.14. The molecule has 4 nitrogen and oxygen atoms in total. The summed E-state index contributed by atoms with van der Waals surface area (Å²) in [5, 5.41) is 20.7. The third kappa shape index (κ3) is 5.41. The van der Waals surface area contributed by atoms with Crippen LogP contribution in [0.1, 0.15) is 42.6 Å². The Hall–Kier alpha value is -1.39. The lowest BCUT2D eigenvalue weighted by atomic mass is 9.88. The van der Waals surface area contributed by atoms with Gasteiger partial charge in [-0.25, -0.2) is 0 Å². The summed E-state index contributed by atoms with van der Waals surface area (Å²) in [5.41, 5.74) is 1.36. The van der Waals surface area contributed by atoms with Gasteiger partial charge in [0.05, 0.1) is 6.61 Å². The predicted molar refractivity (Wildman–Crippen MR) is 74.8 cm³/mol. The summed E-state index contributed by atoms with van der Waals surface area (Å²) in [6.45, 7) is 4.87. The van der Waals surface area contributed by atoms with E-state index in [9.17, 15) is 4.79 Å². The van der Waals surface area contributed by atoms with Gasteiger partial charge in [-0.15, -0.1) is 0 Å². The highest BCUT2D eigenvalue weighted by atomic mass is 16.3. The van der Waals surface area contributed by atoms with Gasteiger partial charge in [-0.05, 0) is 36.0 Å². The second-order valence-electron chi connectivity index (χ2n) is 5.53. The van der Waals surface area contributed by atoms with Crippen LogP contribution < -0.4 is 5.32 Å². The Morgan fingerprint density at radius 1 is 1.21 bits per heavy atom. The summed E-state index contributed by atoms with van der Waals surface area (Å²) >= 11 is 0. The monoisotopic (exact) mass is 265 g/mol. The smallest absolute Gasteiger partial charge is 0.251 e. The van der Waals surface area contributed by atoms with E-state index in [1.807, 2.05) is 0 Å². The van der Waals surface area contributed by atoms with Crippen LogP contribution >= 0.6 is 0 Å². The second-order valence-corrected chi connectivity index (χ2v) is 5.53. The lowest BCUT2D eigenvalue weighted by Crippen LogP contribution is -2.34. The average Bonchev–Trinajstić information content (AvgIpc) is 2.43. The Balaban J connectivity index is 2.50. The van der Waals surface area contributed by atoms with Crippen LogP contribution in [0, 0.1) is 5.41 Å². The Kier molecular flexibility index (Phi) is 5.99. The molecule has 1 amide bonds. The summed E-state index contributed by atoms with van der Waals surface area (Å²) in [6.07, 6.45) is 1.61. The van der Waals surface area contributed by atoms with Crippen LogP contribution in [-0.2, 0) is 6.61 Å². The molecule has 0 spiro atoms. The minimum Gasteiger partial charge on any atom is -0.396 e. The van der Waals surface area contributed by atoms with Gasteiger partial charge in [-0.3, -0.25) is 4.79 Å². The fraction of sp³-hybridized carbons (Fsp3) is 0.533. The lowest BCUT2D eigenvalue weighted by Gasteiger charge is -2.24. The maximum absolute atomic E-state index is 11.9. The first-order valence-electron chi connectivity index (χ1n) is 6.57. The van der Waals surface area contributed by atoms with Crippen molar-refractivity contribution in [3.05, 3.63) is 35.4 Å². The zero-order chi connectivity index (χ0) is 14.3. The van der Waals surface area contributed by atoms with E-state index >= 15 is 0 Å². The van der Waals surface area contributed by atoms with Crippen molar-refractivity contribution in [1.29, 1.82) is 0 Å². The molecule has 0 aliphatic heterocycles. The van der Waals surface area contributed by atoms with Crippen LogP contribution in [0.5, 0.6) is 0 Å². The number of nitrogens with one attached hydrogen (secondary N) is 1. The van der Waals surface area contributed by atoms with Gasteiger partial charge in [0.25, 0.3) is 5.91 Å².